The molecule has 20 heavy (non-hydrogen) atoms. The number of rotatable bonds is 4. The maximum Gasteiger partial charge on any atom is 0.151 e. The van der Waals surface area contributed by atoms with Gasteiger partial charge in [-0.1, -0.05) is 6.92 Å². The third kappa shape index (κ3) is 2.60. The van der Waals surface area contributed by atoms with Crippen LogP contribution in [0.25, 0.3) is 10.7 Å². The molecule has 106 valence electrons. The Kier molecular flexibility index (Phi) is 4.08. The van der Waals surface area contributed by atoms with Crippen LogP contribution in [0.1, 0.15) is 42.8 Å². The zero-order chi connectivity index (χ0) is 13.9. The van der Waals surface area contributed by atoms with E-state index in [0.717, 1.165) is 37.9 Å². The summed E-state index contributed by atoms with van der Waals surface area (Å²) < 4.78 is 13.8. The molecule has 0 spiro atoms. The average molecular weight is 291 g/mol. The van der Waals surface area contributed by atoms with Crippen LogP contribution in [0.4, 0.5) is 4.39 Å². The summed E-state index contributed by atoms with van der Waals surface area (Å²) >= 11 is 1.59. The van der Waals surface area contributed by atoms with E-state index in [4.69, 9.17) is 0 Å². The zero-order valence-electron chi connectivity index (χ0n) is 11.5. The van der Waals surface area contributed by atoms with Gasteiger partial charge < -0.3 is 5.32 Å². The molecule has 0 saturated carbocycles. The summed E-state index contributed by atoms with van der Waals surface area (Å²) in [5, 5.41) is 4.27. The molecule has 0 aromatic carbocycles. The Bertz CT molecular complexity index is 597. The Hall–Kier alpha value is -1.33. The van der Waals surface area contributed by atoms with Gasteiger partial charge in [0.2, 0.25) is 0 Å². The van der Waals surface area contributed by atoms with Gasteiger partial charge in [0, 0.05) is 17.1 Å². The van der Waals surface area contributed by atoms with Crippen LogP contribution in [0.15, 0.2) is 18.3 Å². The van der Waals surface area contributed by atoms with Crippen molar-refractivity contribution in [1.82, 2.24) is 15.3 Å². The van der Waals surface area contributed by atoms with Crippen molar-refractivity contribution >= 4 is 11.3 Å². The highest BCUT2D eigenvalue weighted by Crippen LogP contribution is 2.37. The predicted molar refractivity (Wildman–Crippen MR) is 79.3 cm³/mol. The van der Waals surface area contributed by atoms with E-state index in [9.17, 15) is 4.39 Å². The second kappa shape index (κ2) is 5.97. The monoisotopic (exact) mass is 291 g/mol. The van der Waals surface area contributed by atoms with Crippen molar-refractivity contribution in [2.45, 2.75) is 38.6 Å². The van der Waals surface area contributed by atoms with E-state index >= 15 is 0 Å². The summed E-state index contributed by atoms with van der Waals surface area (Å²) in [6.45, 7) is 3.17. The molecule has 0 saturated heterocycles. The fourth-order valence-electron chi connectivity index (χ4n) is 2.58. The van der Waals surface area contributed by atoms with E-state index in [1.807, 2.05) is 0 Å². The predicted octanol–water partition coefficient (Wildman–Crippen LogP) is 3.72. The Morgan fingerprint density at radius 1 is 1.50 bits per heavy atom. The van der Waals surface area contributed by atoms with Crippen molar-refractivity contribution in [3.05, 3.63) is 34.7 Å². The smallest absolute Gasteiger partial charge is 0.151 e. The molecule has 1 unspecified atom stereocenters. The van der Waals surface area contributed by atoms with Gasteiger partial charge in [0.15, 0.2) is 5.82 Å². The van der Waals surface area contributed by atoms with Gasteiger partial charge >= 0.3 is 0 Å². The molecule has 2 aromatic rings. The van der Waals surface area contributed by atoms with Gasteiger partial charge in [0.05, 0.1) is 5.69 Å². The second-order valence-electron chi connectivity index (χ2n) is 5.06. The molecular weight excluding hydrogens is 273 g/mol. The largest absolute Gasteiger partial charge is 0.309 e. The standard InChI is InChI=1S/C15H18FN3S/c1-2-8-17-11-6-3-7-12-14(11)20-15(19-12)13-10(16)5-4-9-18-13/h4-5,9,11,17H,2-3,6-8H2,1H3. The van der Waals surface area contributed by atoms with Gasteiger partial charge in [-0.25, -0.2) is 9.37 Å². The number of aryl methyl sites for hydroxylation is 1. The number of nitrogens with zero attached hydrogens (tertiary/aromatic N) is 2. The number of nitrogens with one attached hydrogen (secondary N) is 1. The molecule has 0 aliphatic heterocycles. The lowest BCUT2D eigenvalue weighted by atomic mass is 9.98. The van der Waals surface area contributed by atoms with Crippen LogP contribution in [0.5, 0.6) is 0 Å². The van der Waals surface area contributed by atoms with Crippen molar-refractivity contribution < 1.29 is 4.39 Å². The van der Waals surface area contributed by atoms with Crippen LogP contribution in [0.2, 0.25) is 0 Å². The van der Waals surface area contributed by atoms with Crippen molar-refractivity contribution in [3.8, 4) is 10.7 Å². The number of aromatic nitrogens is 2. The third-order valence-electron chi connectivity index (χ3n) is 3.55. The fourth-order valence-corrected chi connectivity index (χ4v) is 3.80. The molecule has 1 N–H and O–H groups in total. The Labute approximate surface area is 122 Å². The van der Waals surface area contributed by atoms with Crippen molar-refractivity contribution in [2.24, 2.45) is 0 Å². The van der Waals surface area contributed by atoms with Crippen LogP contribution in [-0.4, -0.2) is 16.5 Å². The second-order valence-corrected chi connectivity index (χ2v) is 6.09. The highest BCUT2D eigenvalue weighted by atomic mass is 32.1. The summed E-state index contributed by atoms with van der Waals surface area (Å²) in [4.78, 5) is 10.0. The molecule has 1 atom stereocenters. The minimum atomic E-state index is -0.295. The molecule has 1 aliphatic carbocycles. The molecule has 3 nitrogen and oxygen atoms in total. The van der Waals surface area contributed by atoms with Crippen LogP contribution in [0.3, 0.4) is 0 Å². The quantitative estimate of drug-likeness (QED) is 0.933. The number of hydrogen-bond acceptors (Lipinski definition) is 4. The van der Waals surface area contributed by atoms with Gasteiger partial charge in [0.25, 0.3) is 0 Å². The van der Waals surface area contributed by atoms with Crippen LogP contribution < -0.4 is 5.32 Å². The summed E-state index contributed by atoms with van der Waals surface area (Å²) in [5.41, 5.74) is 1.50. The number of fused-ring (bicyclic) bond motifs is 1. The van der Waals surface area contributed by atoms with E-state index in [-0.39, 0.29) is 5.82 Å². The maximum atomic E-state index is 13.8. The first-order valence-electron chi connectivity index (χ1n) is 7.13. The molecule has 0 fully saturated rings. The van der Waals surface area contributed by atoms with Crippen molar-refractivity contribution in [2.75, 3.05) is 6.54 Å². The highest BCUT2D eigenvalue weighted by molar-refractivity contribution is 7.15. The number of pyridine rings is 1. The third-order valence-corrected chi connectivity index (χ3v) is 4.77. The lowest BCUT2D eigenvalue weighted by Gasteiger charge is -2.22. The lowest BCUT2D eigenvalue weighted by molar-refractivity contribution is 0.465. The SMILES string of the molecule is CCCNC1CCCc2nc(-c3ncccc3F)sc21. The number of thiazole rings is 1. The van der Waals surface area contributed by atoms with Crippen molar-refractivity contribution in [1.29, 1.82) is 0 Å². The molecule has 5 heteroatoms. The fraction of sp³-hybridized carbons (Fsp3) is 0.467. The van der Waals surface area contributed by atoms with Crippen LogP contribution in [-0.2, 0) is 6.42 Å². The number of hydrogen-bond donors (Lipinski definition) is 1. The van der Waals surface area contributed by atoms with E-state index in [1.165, 1.54) is 10.9 Å². The Balaban J connectivity index is 1.93. The normalized spacial score (nSPS) is 18.0. The first-order valence-corrected chi connectivity index (χ1v) is 7.95. The van der Waals surface area contributed by atoms with Gasteiger partial charge in [0.1, 0.15) is 10.7 Å². The van der Waals surface area contributed by atoms with Gasteiger partial charge in [-0.15, -0.1) is 11.3 Å². The zero-order valence-corrected chi connectivity index (χ0v) is 12.3. The number of halogens is 1. The van der Waals surface area contributed by atoms with Gasteiger partial charge in [-0.3, -0.25) is 4.98 Å². The molecule has 0 bridgehead atoms. The molecule has 3 rings (SSSR count). The van der Waals surface area contributed by atoms with Gasteiger partial charge in [-0.2, -0.15) is 0 Å². The van der Waals surface area contributed by atoms with Crippen LogP contribution in [0, 0.1) is 5.82 Å². The molecule has 0 radical (unpaired) electrons. The lowest BCUT2D eigenvalue weighted by Crippen LogP contribution is -2.24. The topological polar surface area (TPSA) is 37.8 Å². The van der Waals surface area contributed by atoms with Gasteiger partial charge in [-0.05, 0) is 44.4 Å². The molecular formula is C15H18FN3S. The van der Waals surface area contributed by atoms with E-state index in [2.05, 4.69) is 22.2 Å². The van der Waals surface area contributed by atoms with E-state index < -0.39 is 0 Å². The summed E-state index contributed by atoms with van der Waals surface area (Å²) in [5.74, 6) is -0.295. The summed E-state index contributed by atoms with van der Waals surface area (Å²) in [6.07, 6.45) is 6.00. The maximum absolute atomic E-state index is 13.8. The molecule has 2 heterocycles. The first kappa shape index (κ1) is 13.6. The minimum absolute atomic E-state index is 0.295. The Morgan fingerprint density at radius 2 is 2.40 bits per heavy atom. The minimum Gasteiger partial charge on any atom is -0.309 e. The molecule has 1 aliphatic rings. The van der Waals surface area contributed by atoms with E-state index in [1.54, 1.807) is 23.6 Å². The van der Waals surface area contributed by atoms with Crippen molar-refractivity contribution in [3.63, 3.8) is 0 Å². The highest BCUT2D eigenvalue weighted by Gasteiger charge is 2.25. The average Bonchev–Trinajstić information content (AvgIpc) is 2.89. The summed E-state index contributed by atoms with van der Waals surface area (Å²) in [6, 6.07) is 3.42. The first-order chi connectivity index (χ1) is 9.79. The molecule has 0 amide bonds. The van der Waals surface area contributed by atoms with Crippen LogP contribution >= 0.6 is 11.3 Å². The van der Waals surface area contributed by atoms with E-state index in [0.29, 0.717) is 16.7 Å². The summed E-state index contributed by atoms with van der Waals surface area (Å²) in [7, 11) is 0. The molecule has 2 aromatic heterocycles. The Morgan fingerprint density at radius 3 is 3.20 bits per heavy atom.